The monoisotopic (exact) mass is 436 g/mol. The van der Waals surface area contributed by atoms with Gasteiger partial charge in [0.2, 0.25) is 0 Å². The van der Waals surface area contributed by atoms with Crippen molar-refractivity contribution < 1.29 is 38.5 Å². The molecule has 0 aromatic carbocycles. The minimum Gasteiger partial charge on any atom is -0.481 e. The molecule has 8 heteroatoms. The van der Waals surface area contributed by atoms with E-state index in [4.69, 9.17) is 5.11 Å². The number of rotatable bonds is 4. The number of halogens is 2. The average Bonchev–Trinajstić information content (AvgIpc) is 3.01. The molecular formula is C23H26F2O6. The van der Waals surface area contributed by atoms with Crippen LogP contribution < -0.4 is 0 Å². The molecule has 4 aliphatic rings. The Bertz CT molecular complexity index is 954. The second kappa shape index (κ2) is 6.90. The Morgan fingerprint density at radius 2 is 1.97 bits per heavy atom. The molecule has 0 bridgehead atoms. The Hall–Kier alpha value is -2.19. The van der Waals surface area contributed by atoms with Gasteiger partial charge in [-0.25, -0.2) is 8.78 Å². The number of allylic oxidation sites excluding steroid dienone is 5. The summed E-state index contributed by atoms with van der Waals surface area (Å²) < 4.78 is 32.1. The molecule has 0 aromatic rings. The number of hydrogen-bond donors (Lipinski definition) is 3. The van der Waals surface area contributed by atoms with Gasteiger partial charge in [-0.15, -0.1) is 0 Å². The third-order valence-electron chi connectivity index (χ3n) is 8.15. The molecule has 3 unspecified atom stereocenters. The predicted octanol–water partition coefficient (Wildman–Crippen LogP) is 2.25. The van der Waals surface area contributed by atoms with E-state index in [9.17, 15) is 24.6 Å². The molecule has 168 valence electrons. The van der Waals surface area contributed by atoms with Crippen LogP contribution in [-0.4, -0.2) is 56.9 Å². The summed E-state index contributed by atoms with van der Waals surface area (Å²) in [6, 6.07) is 0. The summed E-state index contributed by atoms with van der Waals surface area (Å²) in [7, 11) is 0. The van der Waals surface area contributed by atoms with Gasteiger partial charge in [0.05, 0.1) is 12.5 Å². The standard InChI is InChI=1S/C23H26F2O6/c1-21-10-18(28)23(25)14(8-16(24)15-7-11(26)5-6-22(15,23)2)12(21)3-4-13(21)20(31)17(27)9-19(29)30/h4-7,12,14,16-18,27-28H,3,8-10H2,1-2H3,(H,29,30)/t12-,14-,16?,17?,18?,21-,22-,23-/m0/s1. The molecule has 0 aliphatic heterocycles. The number of alkyl halides is 2. The molecular weight excluding hydrogens is 410 g/mol. The van der Waals surface area contributed by atoms with Crippen LogP contribution in [0.25, 0.3) is 0 Å². The number of fused-ring (bicyclic) bond motifs is 5. The maximum atomic E-state index is 16.8. The van der Waals surface area contributed by atoms with Crippen molar-refractivity contribution in [1.29, 1.82) is 0 Å². The van der Waals surface area contributed by atoms with E-state index >= 15 is 8.78 Å². The van der Waals surface area contributed by atoms with Crippen molar-refractivity contribution >= 4 is 17.5 Å². The Labute approximate surface area is 178 Å². The van der Waals surface area contributed by atoms with Crippen LogP contribution in [0.1, 0.15) is 39.5 Å². The van der Waals surface area contributed by atoms with E-state index in [-0.39, 0.29) is 30.4 Å². The number of carboxylic acids is 1. The topological polar surface area (TPSA) is 112 Å². The number of aliphatic hydroxyl groups excluding tert-OH is 2. The Balaban J connectivity index is 1.73. The van der Waals surface area contributed by atoms with Gasteiger partial charge in [-0.3, -0.25) is 14.4 Å². The zero-order chi connectivity index (χ0) is 22.9. The Morgan fingerprint density at radius 3 is 2.61 bits per heavy atom. The molecule has 2 saturated carbocycles. The van der Waals surface area contributed by atoms with Crippen molar-refractivity contribution in [2.75, 3.05) is 0 Å². The first kappa shape index (κ1) is 22.0. The van der Waals surface area contributed by atoms with Crippen LogP contribution in [0, 0.1) is 22.7 Å². The number of carboxylic acid groups (broad SMARTS) is 1. The van der Waals surface area contributed by atoms with Gasteiger partial charge in [-0.2, -0.15) is 0 Å². The van der Waals surface area contributed by atoms with Gasteiger partial charge in [-0.05, 0) is 49.8 Å². The molecule has 3 N–H and O–H groups in total. The quantitative estimate of drug-likeness (QED) is 0.623. The zero-order valence-electron chi connectivity index (χ0n) is 17.3. The number of carbonyl (C=O) groups excluding carboxylic acids is 2. The molecule has 31 heavy (non-hydrogen) atoms. The lowest BCUT2D eigenvalue weighted by atomic mass is 9.45. The van der Waals surface area contributed by atoms with E-state index in [2.05, 4.69) is 0 Å². The van der Waals surface area contributed by atoms with Crippen molar-refractivity contribution in [1.82, 2.24) is 0 Å². The second-order valence-electron chi connectivity index (χ2n) is 9.69. The molecule has 8 atom stereocenters. The number of aliphatic carboxylic acids is 1. The fourth-order valence-corrected chi connectivity index (χ4v) is 6.60. The molecule has 0 aromatic heterocycles. The average molecular weight is 436 g/mol. The molecule has 0 heterocycles. The molecule has 0 radical (unpaired) electrons. The fourth-order valence-electron chi connectivity index (χ4n) is 6.60. The third-order valence-corrected chi connectivity index (χ3v) is 8.15. The van der Waals surface area contributed by atoms with E-state index in [1.165, 1.54) is 19.1 Å². The summed E-state index contributed by atoms with van der Waals surface area (Å²) in [5.41, 5.74) is -4.57. The van der Waals surface area contributed by atoms with Gasteiger partial charge < -0.3 is 15.3 Å². The van der Waals surface area contributed by atoms with E-state index in [0.717, 1.165) is 6.08 Å². The molecule has 6 nitrogen and oxygen atoms in total. The van der Waals surface area contributed by atoms with Gasteiger partial charge in [0.15, 0.2) is 17.2 Å². The van der Waals surface area contributed by atoms with E-state index in [0.29, 0.717) is 0 Å². The van der Waals surface area contributed by atoms with E-state index < -0.39 is 70.7 Å². The number of Topliss-reactive ketones (excluding diaryl/α,β-unsaturated/α-hetero) is 1. The predicted molar refractivity (Wildman–Crippen MR) is 105 cm³/mol. The number of carbonyl (C=O) groups is 3. The van der Waals surface area contributed by atoms with Gasteiger partial charge in [0.1, 0.15) is 12.3 Å². The van der Waals surface area contributed by atoms with Gasteiger partial charge in [0.25, 0.3) is 0 Å². The number of hydrogen-bond acceptors (Lipinski definition) is 5. The second-order valence-corrected chi connectivity index (χ2v) is 9.69. The highest BCUT2D eigenvalue weighted by molar-refractivity contribution is 6.02. The van der Waals surface area contributed by atoms with Crippen molar-refractivity contribution in [2.24, 2.45) is 22.7 Å². The normalized spacial score (nSPS) is 44.5. The molecule has 0 spiro atoms. The Morgan fingerprint density at radius 1 is 1.29 bits per heavy atom. The maximum Gasteiger partial charge on any atom is 0.306 e. The summed E-state index contributed by atoms with van der Waals surface area (Å²) in [6.45, 7) is 3.18. The lowest BCUT2D eigenvalue weighted by molar-refractivity contribution is -0.193. The maximum absolute atomic E-state index is 16.8. The molecule has 0 amide bonds. The van der Waals surface area contributed by atoms with Crippen LogP contribution in [-0.2, 0) is 14.4 Å². The Kier molecular flexibility index (Phi) is 4.90. The van der Waals surface area contributed by atoms with E-state index in [1.807, 2.05) is 0 Å². The molecule has 0 saturated heterocycles. The summed E-state index contributed by atoms with van der Waals surface area (Å²) in [6.07, 6.45) is -0.503. The van der Waals surface area contributed by atoms with Crippen molar-refractivity contribution in [3.05, 3.63) is 35.5 Å². The van der Waals surface area contributed by atoms with Crippen LogP contribution in [0.3, 0.4) is 0 Å². The SMILES string of the molecule is C[C@]12C=CC(=O)C=C1C(F)C[C@H]1[C@@H]3CC=C(C(=O)C(O)CC(=O)O)[C@@]3(C)CC(O)[C@@]12F. The fraction of sp³-hybridized carbons (Fsp3) is 0.609. The van der Waals surface area contributed by atoms with Gasteiger partial charge >= 0.3 is 5.97 Å². The molecule has 4 aliphatic carbocycles. The first-order valence-electron chi connectivity index (χ1n) is 10.5. The highest BCUT2D eigenvalue weighted by Gasteiger charge is 2.71. The van der Waals surface area contributed by atoms with Crippen molar-refractivity contribution in [3.8, 4) is 0 Å². The molecule has 2 fully saturated rings. The first-order valence-corrected chi connectivity index (χ1v) is 10.5. The highest BCUT2D eigenvalue weighted by Crippen LogP contribution is 2.68. The van der Waals surface area contributed by atoms with Crippen LogP contribution in [0.4, 0.5) is 8.78 Å². The molecule has 4 rings (SSSR count). The van der Waals surface area contributed by atoms with E-state index in [1.54, 1.807) is 13.0 Å². The summed E-state index contributed by atoms with van der Waals surface area (Å²) >= 11 is 0. The lowest BCUT2D eigenvalue weighted by Crippen LogP contribution is -2.68. The zero-order valence-corrected chi connectivity index (χ0v) is 17.3. The van der Waals surface area contributed by atoms with Crippen LogP contribution in [0.2, 0.25) is 0 Å². The largest absolute Gasteiger partial charge is 0.481 e. The highest BCUT2D eigenvalue weighted by atomic mass is 19.1. The number of aliphatic hydroxyl groups is 2. The van der Waals surface area contributed by atoms with Gasteiger partial charge in [0, 0.05) is 22.3 Å². The minimum atomic E-state index is -2.24. The van der Waals surface area contributed by atoms with Gasteiger partial charge in [-0.1, -0.05) is 19.1 Å². The van der Waals surface area contributed by atoms with Crippen LogP contribution in [0.5, 0.6) is 0 Å². The third kappa shape index (κ3) is 2.84. The number of ketones is 2. The first-order chi connectivity index (χ1) is 14.4. The summed E-state index contributed by atoms with van der Waals surface area (Å²) in [5.74, 6) is -3.95. The lowest BCUT2D eigenvalue weighted by Gasteiger charge is -2.62. The van der Waals surface area contributed by atoms with Crippen molar-refractivity contribution in [3.63, 3.8) is 0 Å². The van der Waals surface area contributed by atoms with Crippen LogP contribution >= 0.6 is 0 Å². The van der Waals surface area contributed by atoms with Crippen molar-refractivity contribution in [2.45, 2.75) is 63.6 Å². The summed E-state index contributed by atoms with van der Waals surface area (Å²) in [4.78, 5) is 35.5. The summed E-state index contributed by atoms with van der Waals surface area (Å²) in [5, 5.41) is 30.0. The van der Waals surface area contributed by atoms with Crippen LogP contribution in [0.15, 0.2) is 35.5 Å². The smallest absolute Gasteiger partial charge is 0.306 e. The minimum absolute atomic E-state index is 0.0283.